The second kappa shape index (κ2) is 5.81. The first-order valence-electron chi connectivity index (χ1n) is 8.15. The summed E-state index contributed by atoms with van der Waals surface area (Å²) in [6, 6.07) is 11.4. The van der Waals surface area contributed by atoms with Crippen LogP contribution in [0.3, 0.4) is 0 Å². The SMILES string of the molecule is Br.c1ccc(C23CCCC2CN(CC2CC2)CC3)cc1. The molecule has 3 fully saturated rings. The molecule has 2 heteroatoms. The first-order valence-corrected chi connectivity index (χ1v) is 8.15. The molecule has 0 spiro atoms. The highest BCUT2D eigenvalue weighted by molar-refractivity contribution is 8.93. The van der Waals surface area contributed by atoms with Crippen molar-refractivity contribution in [2.75, 3.05) is 19.6 Å². The van der Waals surface area contributed by atoms with Gasteiger partial charge in [0.2, 0.25) is 0 Å². The van der Waals surface area contributed by atoms with Crippen LogP contribution in [-0.4, -0.2) is 24.5 Å². The van der Waals surface area contributed by atoms with Gasteiger partial charge >= 0.3 is 0 Å². The van der Waals surface area contributed by atoms with E-state index in [2.05, 4.69) is 35.2 Å². The Morgan fingerprint density at radius 2 is 1.85 bits per heavy atom. The third kappa shape index (κ3) is 2.57. The lowest BCUT2D eigenvalue weighted by Crippen LogP contribution is -2.47. The molecule has 2 aliphatic carbocycles. The predicted molar refractivity (Wildman–Crippen MR) is 89.6 cm³/mol. The Labute approximate surface area is 133 Å². The first-order chi connectivity index (χ1) is 9.37. The number of hydrogen-bond donors (Lipinski definition) is 0. The fourth-order valence-corrected chi connectivity index (χ4v) is 4.63. The van der Waals surface area contributed by atoms with Crippen LogP contribution in [0.15, 0.2) is 30.3 Å². The van der Waals surface area contributed by atoms with Crippen molar-refractivity contribution in [2.24, 2.45) is 11.8 Å². The third-order valence-corrected chi connectivity index (χ3v) is 5.87. The van der Waals surface area contributed by atoms with E-state index >= 15 is 0 Å². The Morgan fingerprint density at radius 3 is 2.60 bits per heavy atom. The van der Waals surface area contributed by atoms with Crippen molar-refractivity contribution in [3.8, 4) is 0 Å². The zero-order valence-electron chi connectivity index (χ0n) is 12.3. The van der Waals surface area contributed by atoms with Gasteiger partial charge in [-0.25, -0.2) is 0 Å². The van der Waals surface area contributed by atoms with Crippen LogP contribution < -0.4 is 0 Å². The van der Waals surface area contributed by atoms with E-state index in [1.165, 1.54) is 58.2 Å². The molecule has 110 valence electrons. The van der Waals surface area contributed by atoms with Gasteiger partial charge in [-0.2, -0.15) is 0 Å². The molecule has 4 rings (SSSR count). The van der Waals surface area contributed by atoms with Crippen LogP contribution in [0, 0.1) is 11.8 Å². The average Bonchev–Trinajstić information content (AvgIpc) is 3.16. The number of piperidine rings is 1. The molecule has 2 saturated carbocycles. The number of hydrogen-bond acceptors (Lipinski definition) is 1. The molecular formula is C18H26BrN. The van der Waals surface area contributed by atoms with Gasteiger partial charge in [0.1, 0.15) is 0 Å². The van der Waals surface area contributed by atoms with Crippen molar-refractivity contribution in [2.45, 2.75) is 43.9 Å². The molecule has 2 unspecified atom stereocenters. The zero-order valence-corrected chi connectivity index (χ0v) is 14.0. The molecule has 20 heavy (non-hydrogen) atoms. The Kier molecular flexibility index (Phi) is 4.24. The molecule has 3 aliphatic rings. The predicted octanol–water partition coefficient (Wildman–Crippen LogP) is 4.42. The number of likely N-dealkylation sites (tertiary alicyclic amines) is 1. The Balaban J connectivity index is 0.00000121. The van der Waals surface area contributed by atoms with E-state index in [-0.39, 0.29) is 17.0 Å². The number of rotatable bonds is 3. The van der Waals surface area contributed by atoms with Crippen molar-refractivity contribution in [3.05, 3.63) is 35.9 Å². The molecule has 1 nitrogen and oxygen atoms in total. The summed E-state index contributed by atoms with van der Waals surface area (Å²) < 4.78 is 0. The molecular weight excluding hydrogens is 310 g/mol. The minimum absolute atomic E-state index is 0. The van der Waals surface area contributed by atoms with Gasteiger partial charge < -0.3 is 4.90 Å². The maximum Gasteiger partial charge on any atom is 0.00183 e. The van der Waals surface area contributed by atoms with Gasteiger partial charge in [0.15, 0.2) is 0 Å². The van der Waals surface area contributed by atoms with Gasteiger partial charge in [0, 0.05) is 18.5 Å². The second-order valence-corrected chi connectivity index (χ2v) is 7.06. The molecule has 0 radical (unpaired) electrons. The highest BCUT2D eigenvalue weighted by Gasteiger charge is 2.47. The van der Waals surface area contributed by atoms with Crippen LogP contribution >= 0.6 is 17.0 Å². The van der Waals surface area contributed by atoms with Crippen molar-refractivity contribution < 1.29 is 0 Å². The number of nitrogens with zero attached hydrogens (tertiary/aromatic N) is 1. The lowest BCUT2D eigenvalue weighted by Gasteiger charge is -2.45. The summed E-state index contributed by atoms with van der Waals surface area (Å²) in [6.45, 7) is 4.09. The largest absolute Gasteiger partial charge is 0.303 e. The van der Waals surface area contributed by atoms with Crippen LogP contribution in [0.1, 0.15) is 44.1 Å². The third-order valence-electron chi connectivity index (χ3n) is 5.87. The number of halogens is 1. The summed E-state index contributed by atoms with van der Waals surface area (Å²) in [5.74, 6) is 1.97. The second-order valence-electron chi connectivity index (χ2n) is 7.06. The van der Waals surface area contributed by atoms with Crippen LogP contribution in [0.2, 0.25) is 0 Å². The summed E-state index contributed by atoms with van der Waals surface area (Å²) in [5, 5.41) is 0. The summed E-state index contributed by atoms with van der Waals surface area (Å²) in [6.07, 6.45) is 8.70. The zero-order chi connectivity index (χ0) is 12.7. The van der Waals surface area contributed by atoms with Crippen LogP contribution in [0.5, 0.6) is 0 Å². The molecule has 1 saturated heterocycles. The van der Waals surface area contributed by atoms with Crippen molar-refractivity contribution >= 4 is 17.0 Å². The summed E-state index contributed by atoms with van der Waals surface area (Å²) >= 11 is 0. The lowest BCUT2D eigenvalue weighted by atomic mass is 9.68. The van der Waals surface area contributed by atoms with Crippen molar-refractivity contribution in [1.29, 1.82) is 0 Å². The highest BCUT2D eigenvalue weighted by Crippen LogP contribution is 2.51. The van der Waals surface area contributed by atoms with Gasteiger partial charge in [-0.1, -0.05) is 36.8 Å². The number of benzene rings is 1. The Hall–Kier alpha value is -0.340. The fourth-order valence-electron chi connectivity index (χ4n) is 4.63. The fraction of sp³-hybridized carbons (Fsp3) is 0.667. The average molecular weight is 336 g/mol. The van der Waals surface area contributed by atoms with Crippen LogP contribution in [-0.2, 0) is 5.41 Å². The topological polar surface area (TPSA) is 3.24 Å². The highest BCUT2D eigenvalue weighted by atomic mass is 79.9. The van der Waals surface area contributed by atoms with Crippen molar-refractivity contribution in [3.63, 3.8) is 0 Å². The molecule has 0 N–H and O–H groups in total. The Morgan fingerprint density at radius 1 is 1.05 bits per heavy atom. The van der Waals surface area contributed by atoms with Crippen LogP contribution in [0.4, 0.5) is 0 Å². The number of fused-ring (bicyclic) bond motifs is 1. The van der Waals surface area contributed by atoms with E-state index in [1.807, 2.05) is 0 Å². The monoisotopic (exact) mass is 335 g/mol. The maximum atomic E-state index is 2.77. The first kappa shape index (κ1) is 14.6. The van der Waals surface area contributed by atoms with E-state index in [9.17, 15) is 0 Å². The summed E-state index contributed by atoms with van der Waals surface area (Å²) in [5.41, 5.74) is 2.16. The summed E-state index contributed by atoms with van der Waals surface area (Å²) in [4.78, 5) is 2.77. The van der Waals surface area contributed by atoms with Gasteiger partial charge in [-0.3, -0.25) is 0 Å². The van der Waals surface area contributed by atoms with E-state index in [4.69, 9.17) is 0 Å². The van der Waals surface area contributed by atoms with Gasteiger partial charge in [0.05, 0.1) is 0 Å². The quantitative estimate of drug-likeness (QED) is 0.790. The maximum absolute atomic E-state index is 2.77. The van der Waals surface area contributed by atoms with E-state index in [1.54, 1.807) is 5.56 Å². The van der Waals surface area contributed by atoms with Gasteiger partial charge in [-0.15, -0.1) is 17.0 Å². The van der Waals surface area contributed by atoms with Crippen LogP contribution in [0.25, 0.3) is 0 Å². The molecule has 0 bridgehead atoms. The van der Waals surface area contributed by atoms with Crippen molar-refractivity contribution in [1.82, 2.24) is 4.90 Å². The van der Waals surface area contributed by atoms with E-state index in [0.29, 0.717) is 5.41 Å². The minimum atomic E-state index is 0. The minimum Gasteiger partial charge on any atom is -0.303 e. The molecule has 1 aromatic carbocycles. The summed E-state index contributed by atoms with van der Waals surface area (Å²) in [7, 11) is 0. The molecule has 1 aliphatic heterocycles. The molecule has 1 heterocycles. The normalized spacial score (nSPS) is 33.5. The lowest BCUT2D eigenvalue weighted by molar-refractivity contribution is 0.107. The van der Waals surface area contributed by atoms with E-state index in [0.717, 1.165) is 11.8 Å². The van der Waals surface area contributed by atoms with Gasteiger partial charge in [0.25, 0.3) is 0 Å². The standard InChI is InChI=1S/C18H25N.BrH/c1-2-5-16(6-3-1)18-10-4-7-17(18)14-19(12-11-18)13-15-8-9-15;/h1-3,5-6,15,17H,4,7-14H2;1H. The molecule has 0 aromatic heterocycles. The molecule has 2 atom stereocenters. The molecule has 1 aromatic rings. The van der Waals surface area contributed by atoms with Gasteiger partial charge in [-0.05, 0) is 56.0 Å². The Bertz CT molecular complexity index is 442. The van der Waals surface area contributed by atoms with E-state index < -0.39 is 0 Å². The smallest absolute Gasteiger partial charge is 0.00183 e. The molecule has 0 amide bonds.